The van der Waals surface area contributed by atoms with Crippen molar-refractivity contribution in [3.63, 3.8) is 0 Å². The Morgan fingerprint density at radius 1 is 1.17 bits per heavy atom. The molecule has 23 heavy (non-hydrogen) atoms. The standard InChI is InChI=1S/C18H24N4O/c1-4-5-10-19-17-11-16(20-12-21-17)18(23)22-15-8-6-14(7-9-15)13(2)3/h6-9,11-13H,4-5,10H2,1-3H3,(H,22,23)(H,19,20,21). The Bertz CT molecular complexity index is 638. The maximum Gasteiger partial charge on any atom is 0.274 e. The van der Waals surface area contributed by atoms with E-state index in [1.807, 2.05) is 24.3 Å². The van der Waals surface area contributed by atoms with Crippen LogP contribution in [0.2, 0.25) is 0 Å². The fourth-order valence-electron chi connectivity index (χ4n) is 2.12. The van der Waals surface area contributed by atoms with Gasteiger partial charge < -0.3 is 10.6 Å². The second-order valence-electron chi connectivity index (χ2n) is 5.80. The first-order chi connectivity index (χ1) is 11.1. The van der Waals surface area contributed by atoms with Crippen LogP contribution in [0.4, 0.5) is 11.5 Å². The Kier molecular flexibility index (Phi) is 6.09. The molecule has 5 heteroatoms. The van der Waals surface area contributed by atoms with E-state index >= 15 is 0 Å². The highest BCUT2D eigenvalue weighted by Gasteiger charge is 2.09. The Hall–Kier alpha value is -2.43. The number of amides is 1. The smallest absolute Gasteiger partial charge is 0.274 e. The summed E-state index contributed by atoms with van der Waals surface area (Å²) in [5.74, 6) is 0.912. The van der Waals surface area contributed by atoms with Crippen molar-refractivity contribution in [3.05, 3.63) is 47.9 Å². The van der Waals surface area contributed by atoms with Crippen LogP contribution in [0.1, 0.15) is 55.6 Å². The molecule has 0 saturated heterocycles. The van der Waals surface area contributed by atoms with Gasteiger partial charge in [-0.05, 0) is 30.0 Å². The first-order valence-corrected chi connectivity index (χ1v) is 8.07. The molecule has 0 spiro atoms. The SMILES string of the molecule is CCCCNc1cc(C(=O)Nc2ccc(C(C)C)cc2)ncn1. The van der Waals surface area contributed by atoms with Gasteiger partial charge in [-0.25, -0.2) is 9.97 Å². The van der Waals surface area contributed by atoms with Gasteiger partial charge >= 0.3 is 0 Å². The van der Waals surface area contributed by atoms with E-state index in [4.69, 9.17) is 0 Å². The van der Waals surface area contributed by atoms with Crippen molar-refractivity contribution in [3.8, 4) is 0 Å². The molecule has 2 N–H and O–H groups in total. The van der Waals surface area contributed by atoms with E-state index in [0.29, 0.717) is 17.4 Å². The average molecular weight is 312 g/mol. The molecule has 5 nitrogen and oxygen atoms in total. The van der Waals surface area contributed by atoms with Crippen LogP contribution >= 0.6 is 0 Å². The second kappa shape index (κ2) is 8.27. The highest BCUT2D eigenvalue weighted by atomic mass is 16.1. The van der Waals surface area contributed by atoms with Crippen LogP contribution in [0.25, 0.3) is 0 Å². The van der Waals surface area contributed by atoms with E-state index in [1.165, 1.54) is 11.9 Å². The fraction of sp³-hybridized carbons (Fsp3) is 0.389. The fourth-order valence-corrected chi connectivity index (χ4v) is 2.12. The molecule has 1 heterocycles. The van der Waals surface area contributed by atoms with Crippen molar-refractivity contribution in [2.45, 2.75) is 39.5 Å². The Morgan fingerprint density at radius 3 is 2.57 bits per heavy atom. The molecule has 0 bridgehead atoms. The van der Waals surface area contributed by atoms with Gasteiger partial charge in [-0.15, -0.1) is 0 Å². The van der Waals surface area contributed by atoms with Gasteiger partial charge in [0.2, 0.25) is 0 Å². The molecule has 1 amide bonds. The van der Waals surface area contributed by atoms with Crippen LogP contribution in [-0.2, 0) is 0 Å². The molecule has 0 aliphatic heterocycles. The van der Waals surface area contributed by atoms with Crippen molar-refractivity contribution in [1.29, 1.82) is 0 Å². The molecule has 0 unspecified atom stereocenters. The lowest BCUT2D eigenvalue weighted by Crippen LogP contribution is -2.15. The number of unbranched alkanes of at least 4 members (excludes halogenated alkanes) is 1. The number of anilines is 2. The number of benzene rings is 1. The summed E-state index contributed by atoms with van der Waals surface area (Å²) in [6.07, 6.45) is 3.58. The summed E-state index contributed by atoms with van der Waals surface area (Å²) in [6, 6.07) is 9.55. The predicted octanol–water partition coefficient (Wildman–Crippen LogP) is 4.06. The van der Waals surface area contributed by atoms with Crippen LogP contribution in [0.3, 0.4) is 0 Å². The molecular weight excluding hydrogens is 288 g/mol. The van der Waals surface area contributed by atoms with Crippen LogP contribution in [0.15, 0.2) is 36.7 Å². The number of aromatic nitrogens is 2. The van der Waals surface area contributed by atoms with E-state index in [2.05, 4.69) is 41.4 Å². The molecule has 1 aromatic heterocycles. The molecule has 0 aliphatic rings. The molecule has 0 fully saturated rings. The quantitative estimate of drug-likeness (QED) is 0.756. The van der Waals surface area contributed by atoms with E-state index in [9.17, 15) is 4.79 Å². The summed E-state index contributed by atoms with van der Waals surface area (Å²) in [5.41, 5.74) is 2.36. The van der Waals surface area contributed by atoms with E-state index in [-0.39, 0.29) is 5.91 Å². The Labute approximate surface area is 137 Å². The van der Waals surface area contributed by atoms with Crippen molar-refractivity contribution in [2.75, 3.05) is 17.2 Å². The molecule has 2 aromatic rings. The molecule has 2 rings (SSSR count). The zero-order valence-electron chi connectivity index (χ0n) is 14.0. The van der Waals surface area contributed by atoms with Crippen LogP contribution in [0, 0.1) is 0 Å². The first-order valence-electron chi connectivity index (χ1n) is 8.07. The van der Waals surface area contributed by atoms with E-state index < -0.39 is 0 Å². The molecular formula is C18H24N4O. The number of nitrogens with zero attached hydrogens (tertiary/aromatic N) is 2. The number of rotatable bonds is 7. The van der Waals surface area contributed by atoms with Gasteiger partial charge in [0.15, 0.2) is 0 Å². The normalized spacial score (nSPS) is 10.6. The third-order valence-corrected chi connectivity index (χ3v) is 3.57. The maximum atomic E-state index is 12.3. The largest absolute Gasteiger partial charge is 0.370 e. The lowest BCUT2D eigenvalue weighted by atomic mass is 10.0. The maximum absolute atomic E-state index is 12.3. The minimum atomic E-state index is -0.233. The third kappa shape index (κ3) is 5.06. The average Bonchev–Trinajstić information content (AvgIpc) is 2.56. The predicted molar refractivity (Wildman–Crippen MR) is 93.9 cm³/mol. The van der Waals surface area contributed by atoms with Crippen molar-refractivity contribution in [1.82, 2.24) is 9.97 Å². The zero-order chi connectivity index (χ0) is 16.7. The van der Waals surface area contributed by atoms with Crippen LogP contribution in [0.5, 0.6) is 0 Å². The number of carbonyl (C=O) groups excluding carboxylic acids is 1. The number of hydrogen-bond acceptors (Lipinski definition) is 4. The van der Waals surface area contributed by atoms with E-state index in [1.54, 1.807) is 6.07 Å². The summed E-state index contributed by atoms with van der Waals surface area (Å²) in [7, 11) is 0. The highest BCUT2D eigenvalue weighted by molar-refractivity contribution is 6.03. The van der Waals surface area contributed by atoms with Gasteiger partial charge in [-0.2, -0.15) is 0 Å². The van der Waals surface area contributed by atoms with Gasteiger partial charge in [0.1, 0.15) is 17.8 Å². The van der Waals surface area contributed by atoms with Gasteiger partial charge in [0.25, 0.3) is 5.91 Å². The molecule has 0 saturated carbocycles. The number of carbonyl (C=O) groups is 1. The summed E-state index contributed by atoms with van der Waals surface area (Å²) in [6.45, 7) is 7.25. The van der Waals surface area contributed by atoms with Gasteiger partial charge in [0, 0.05) is 18.3 Å². The minimum absolute atomic E-state index is 0.233. The van der Waals surface area contributed by atoms with Gasteiger partial charge in [-0.3, -0.25) is 4.79 Å². The van der Waals surface area contributed by atoms with Crippen molar-refractivity contribution in [2.24, 2.45) is 0 Å². The third-order valence-electron chi connectivity index (χ3n) is 3.57. The lowest BCUT2D eigenvalue weighted by Gasteiger charge is -2.09. The summed E-state index contributed by atoms with van der Waals surface area (Å²) in [5, 5.41) is 6.06. The molecule has 0 aliphatic carbocycles. The first kappa shape index (κ1) is 16.9. The Morgan fingerprint density at radius 2 is 1.91 bits per heavy atom. The highest BCUT2D eigenvalue weighted by Crippen LogP contribution is 2.17. The van der Waals surface area contributed by atoms with Crippen LogP contribution < -0.4 is 10.6 Å². The van der Waals surface area contributed by atoms with Crippen LogP contribution in [-0.4, -0.2) is 22.4 Å². The Balaban J connectivity index is 2.01. The summed E-state index contributed by atoms with van der Waals surface area (Å²) < 4.78 is 0. The van der Waals surface area contributed by atoms with Gasteiger partial charge in [0.05, 0.1) is 0 Å². The monoisotopic (exact) mass is 312 g/mol. The van der Waals surface area contributed by atoms with Crippen molar-refractivity contribution >= 4 is 17.4 Å². The van der Waals surface area contributed by atoms with Crippen molar-refractivity contribution < 1.29 is 4.79 Å². The number of nitrogens with one attached hydrogen (secondary N) is 2. The minimum Gasteiger partial charge on any atom is -0.370 e. The topological polar surface area (TPSA) is 66.9 Å². The molecule has 0 atom stereocenters. The second-order valence-corrected chi connectivity index (χ2v) is 5.80. The molecule has 0 radical (unpaired) electrons. The summed E-state index contributed by atoms with van der Waals surface area (Å²) >= 11 is 0. The molecule has 1 aromatic carbocycles. The number of hydrogen-bond donors (Lipinski definition) is 2. The van der Waals surface area contributed by atoms with Gasteiger partial charge in [-0.1, -0.05) is 39.3 Å². The van der Waals surface area contributed by atoms with E-state index in [0.717, 1.165) is 25.1 Å². The molecule has 122 valence electrons. The lowest BCUT2D eigenvalue weighted by molar-refractivity contribution is 0.102. The summed E-state index contributed by atoms with van der Waals surface area (Å²) in [4.78, 5) is 20.5. The zero-order valence-corrected chi connectivity index (χ0v) is 14.0.